The fourth-order valence-electron chi connectivity index (χ4n) is 3.25. The van der Waals surface area contributed by atoms with Gasteiger partial charge in [0.2, 0.25) is 0 Å². The van der Waals surface area contributed by atoms with Gasteiger partial charge in [0.1, 0.15) is 0 Å². The van der Waals surface area contributed by atoms with Crippen LogP contribution in [-0.4, -0.2) is 11.2 Å². The van der Waals surface area contributed by atoms with Crippen molar-refractivity contribution in [3.8, 4) is 0 Å². The monoisotopic (exact) mass is 286 g/mol. The van der Waals surface area contributed by atoms with Crippen molar-refractivity contribution >= 4 is 11.3 Å². The van der Waals surface area contributed by atoms with Crippen LogP contribution in [0.2, 0.25) is 0 Å². The normalized spacial score (nSPS) is 18.5. The summed E-state index contributed by atoms with van der Waals surface area (Å²) in [5.41, 5.74) is 1.31. The second-order valence-electron chi connectivity index (χ2n) is 5.82. The maximum Gasteiger partial charge on any atom is 0.0684 e. The van der Waals surface area contributed by atoms with Crippen LogP contribution in [0.5, 0.6) is 0 Å². The summed E-state index contributed by atoms with van der Waals surface area (Å²) >= 11 is 1.85. The van der Waals surface area contributed by atoms with Gasteiger partial charge in [-0.2, -0.15) is 0 Å². The highest BCUT2D eigenvalue weighted by Gasteiger charge is 2.44. The Labute approximate surface area is 125 Å². The van der Waals surface area contributed by atoms with Gasteiger partial charge in [-0.1, -0.05) is 43.7 Å². The molecule has 0 saturated heterocycles. The maximum absolute atomic E-state index is 10.8. The largest absolute Gasteiger partial charge is 0.392 e. The number of aryl methyl sites for hydroxylation is 1. The minimum atomic E-state index is -0.262. The number of hydrogen-bond acceptors (Lipinski definition) is 2. The minimum Gasteiger partial charge on any atom is -0.392 e. The summed E-state index contributed by atoms with van der Waals surface area (Å²) < 4.78 is 0. The SMILES string of the molecule is CCc1ccc(CC(O)C2(c3ccccc3)CCC2)s1. The van der Waals surface area contributed by atoms with E-state index in [4.69, 9.17) is 0 Å². The summed E-state index contributed by atoms with van der Waals surface area (Å²) in [7, 11) is 0. The Hall–Kier alpha value is -1.12. The van der Waals surface area contributed by atoms with E-state index in [9.17, 15) is 5.11 Å². The van der Waals surface area contributed by atoms with Crippen molar-refractivity contribution < 1.29 is 5.11 Å². The Bertz CT molecular complexity index is 554. The third kappa shape index (κ3) is 2.43. The first-order valence-electron chi connectivity index (χ1n) is 7.56. The molecule has 1 aliphatic rings. The number of thiophene rings is 1. The van der Waals surface area contributed by atoms with Crippen LogP contribution >= 0.6 is 11.3 Å². The van der Waals surface area contributed by atoms with E-state index in [1.54, 1.807) is 0 Å². The van der Waals surface area contributed by atoms with Gasteiger partial charge >= 0.3 is 0 Å². The predicted octanol–water partition coefficient (Wildman–Crippen LogP) is 4.34. The summed E-state index contributed by atoms with van der Waals surface area (Å²) in [6.07, 6.45) is 5.08. The molecular weight excluding hydrogens is 264 g/mol. The quantitative estimate of drug-likeness (QED) is 0.867. The number of hydrogen-bond donors (Lipinski definition) is 1. The van der Waals surface area contributed by atoms with Crippen molar-refractivity contribution in [2.75, 3.05) is 0 Å². The average molecular weight is 286 g/mol. The van der Waals surface area contributed by atoms with Crippen molar-refractivity contribution in [1.82, 2.24) is 0 Å². The van der Waals surface area contributed by atoms with Crippen LogP contribution in [0.3, 0.4) is 0 Å². The Morgan fingerprint density at radius 1 is 1.10 bits per heavy atom. The molecule has 2 heteroatoms. The van der Waals surface area contributed by atoms with Crippen LogP contribution in [0.25, 0.3) is 0 Å². The molecule has 106 valence electrons. The summed E-state index contributed by atoms with van der Waals surface area (Å²) in [5.74, 6) is 0. The molecule has 20 heavy (non-hydrogen) atoms. The van der Waals surface area contributed by atoms with Gasteiger partial charge in [-0.15, -0.1) is 11.3 Å². The molecule has 0 amide bonds. The summed E-state index contributed by atoms with van der Waals surface area (Å²) in [5, 5.41) is 10.8. The van der Waals surface area contributed by atoms with Gasteiger partial charge in [0.25, 0.3) is 0 Å². The van der Waals surface area contributed by atoms with Crippen LogP contribution in [-0.2, 0) is 18.3 Å². The second kappa shape index (κ2) is 5.71. The van der Waals surface area contributed by atoms with Crippen molar-refractivity contribution in [3.63, 3.8) is 0 Å². The molecule has 0 spiro atoms. The molecule has 1 fully saturated rings. The van der Waals surface area contributed by atoms with Gasteiger partial charge in [0.05, 0.1) is 6.10 Å². The number of benzene rings is 1. The van der Waals surface area contributed by atoms with E-state index in [1.807, 2.05) is 11.3 Å². The van der Waals surface area contributed by atoms with Crippen LogP contribution in [0.4, 0.5) is 0 Å². The first kappa shape index (κ1) is 13.8. The molecule has 1 aromatic heterocycles. The van der Waals surface area contributed by atoms with Crippen molar-refractivity contribution in [1.29, 1.82) is 0 Å². The maximum atomic E-state index is 10.8. The lowest BCUT2D eigenvalue weighted by atomic mass is 9.60. The lowest BCUT2D eigenvalue weighted by molar-refractivity contribution is 0.0291. The van der Waals surface area contributed by atoms with Crippen molar-refractivity contribution in [2.24, 2.45) is 0 Å². The number of rotatable bonds is 5. The van der Waals surface area contributed by atoms with Gasteiger partial charge in [0.15, 0.2) is 0 Å². The van der Waals surface area contributed by atoms with Crippen LogP contribution in [0.1, 0.15) is 41.5 Å². The van der Waals surface area contributed by atoms with Crippen LogP contribution in [0.15, 0.2) is 42.5 Å². The molecule has 1 nitrogen and oxygen atoms in total. The highest BCUT2D eigenvalue weighted by molar-refractivity contribution is 7.11. The smallest absolute Gasteiger partial charge is 0.0684 e. The van der Waals surface area contributed by atoms with E-state index in [2.05, 4.69) is 49.4 Å². The molecule has 3 rings (SSSR count). The van der Waals surface area contributed by atoms with Gasteiger partial charge in [-0.3, -0.25) is 0 Å². The molecule has 0 radical (unpaired) electrons. The molecule has 1 heterocycles. The number of aliphatic hydroxyl groups is 1. The summed E-state index contributed by atoms with van der Waals surface area (Å²) in [6.45, 7) is 2.18. The zero-order valence-electron chi connectivity index (χ0n) is 12.0. The Morgan fingerprint density at radius 3 is 2.35 bits per heavy atom. The van der Waals surface area contributed by atoms with Gasteiger partial charge in [0, 0.05) is 21.6 Å². The molecule has 1 atom stereocenters. The van der Waals surface area contributed by atoms with Crippen molar-refractivity contribution in [2.45, 2.75) is 50.5 Å². The fraction of sp³-hybridized carbons (Fsp3) is 0.444. The third-order valence-corrected chi connectivity index (χ3v) is 5.94. The van der Waals surface area contributed by atoms with Crippen molar-refractivity contribution in [3.05, 3.63) is 57.8 Å². The lowest BCUT2D eigenvalue weighted by Gasteiger charge is -2.46. The Morgan fingerprint density at radius 2 is 1.80 bits per heavy atom. The van der Waals surface area contributed by atoms with E-state index < -0.39 is 0 Å². The number of aliphatic hydroxyl groups excluding tert-OH is 1. The topological polar surface area (TPSA) is 20.2 Å². The van der Waals surface area contributed by atoms with Gasteiger partial charge < -0.3 is 5.11 Å². The molecule has 1 N–H and O–H groups in total. The van der Waals surface area contributed by atoms with Crippen LogP contribution < -0.4 is 0 Å². The van der Waals surface area contributed by atoms with E-state index >= 15 is 0 Å². The molecule has 1 aliphatic carbocycles. The molecule has 2 aromatic rings. The highest BCUT2D eigenvalue weighted by Crippen LogP contribution is 2.47. The standard InChI is InChI=1S/C18H22OS/c1-2-15-9-10-16(20-15)13-17(19)18(11-6-12-18)14-7-4-3-5-8-14/h3-5,7-10,17,19H,2,6,11-13H2,1H3. The second-order valence-corrected chi connectivity index (χ2v) is 7.07. The Kier molecular flexibility index (Phi) is 3.95. The van der Waals surface area contributed by atoms with Crippen LogP contribution in [0, 0.1) is 0 Å². The summed E-state index contributed by atoms with van der Waals surface area (Å²) in [6, 6.07) is 15.0. The molecule has 1 saturated carbocycles. The molecule has 1 unspecified atom stereocenters. The van der Waals surface area contributed by atoms with Gasteiger partial charge in [-0.05, 0) is 37.0 Å². The average Bonchev–Trinajstić information content (AvgIpc) is 2.86. The van der Waals surface area contributed by atoms with Gasteiger partial charge in [-0.25, -0.2) is 0 Å². The van der Waals surface area contributed by atoms with E-state index in [1.165, 1.54) is 21.7 Å². The fourth-order valence-corrected chi connectivity index (χ4v) is 4.24. The van der Waals surface area contributed by atoms with E-state index in [-0.39, 0.29) is 11.5 Å². The molecule has 0 aliphatic heterocycles. The predicted molar refractivity (Wildman–Crippen MR) is 85.4 cm³/mol. The molecular formula is C18H22OS. The van der Waals surface area contributed by atoms with E-state index in [0.717, 1.165) is 25.7 Å². The molecule has 0 bridgehead atoms. The Balaban J connectivity index is 1.79. The zero-order chi connectivity index (χ0) is 14.0. The third-order valence-electron chi connectivity index (χ3n) is 4.69. The molecule has 1 aromatic carbocycles. The highest BCUT2D eigenvalue weighted by atomic mass is 32.1. The summed E-state index contributed by atoms with van der Waals surface area (Å²) in [4.78, 5) is 2.73. The first-order valence-corrected chi connectivity index (χ1v) is 8.37. The minimum absolute atomic E-state index is 0.00235. The van der Waals surface area contributed by atoms with E-state index in [0.29, 0.717) is 0 Å². The first-order chi connectivity index (χ1) is 9.74. The lowest BCUT2D eigenvalue weighted by Crippen LogP contribution is -2.46. The zero-order valence-corrected chi connectivity index (χ0v) is 12.8.